The summed E-state index contributed by atoms with van der Waals surface area (Å²) in [6, 6.07) is 6.04. The zero-order valence-corrected chi connectivity index (χ0v) is 13.0. The quantitative estimate of drug-likeness (QED) is 0.878. The van der Waals surface area contributed by atoms with Gasteiger partial charge in [-0.1, -0.05) is 18.2 Å². The van der Waals surface area contributed by atoms with Gasteiger partial charge in [0, 0.05) is 5.38 Å². The predicted octanol–water partition coefficient (Wildman–Crippen LogP) is 2.19. The molecule has 1 atom stereocenters. The van der Waals surface area contributed by atoms with Crippen LogP contribution in [0.15, 0.2) is 34.5 Å². The highest BCUT2D eigenvalue weighted by Crippen LogP contribution is 2.22. The van der Waals surface area contributed by atoms with Gasteiger partial charge in [0.25, 0.3) is 0 Å². The summed E-state index contributed by atoms with van der Waals surface area (Å²) in [4.78, 5) is 14.9. The van der Waals surface area contributed by atoms with Crippen LogP contribution in [0.3, 0.4) is 0 Å². The van der Waals surface area contributed by atoms with E-state index in [0.717, 1.165) is 11.3 Å². The van der Waals surface area contributed by atoms with E-state index in [0.29, 0.717) is 10.6 Å². The van der Waals surface area contributed by atoms with E-state index in [9.17, 15) is 13.2 Å². The van der Waals surface area contributed by atoms with Crippen LogP contribution in [0.2, 0.25) is 0 Å². The molecule has 0 aliphatic heterocycles. The molecule has 8 heteroatoms. The van der Waals surface area contributed by atoms with Crippen LogP contribution in [0.1, 0.15) is 34.0 Å². The second-order valence-corrected chi connectivity index (χ2v) is 7.06. The van der Waals surface area contributed by atoms with Crippen molar-refractivity contribution in [2.45, 2.75) is 24.8 Å². The molecule has 0 saturated carbocycles. The molecule has 0 fully saturated rings. The molecule has 0 saturated heterocycles. The fraction of sp³-hybridized carbons (Fsp3) is 0.231. The van der Waals surface area contributed by atoms with Crippen molar-refractivity contribution in [3.05, 3.63) is 45.9 Å². The number of sulfonamides is 1. The minimum absolute atomic E-state index is 0.0862. The first-order valence-electron chi connectivity index (χ1n) is 6.08. The molecule has 0 aliphatic rings. The molecular formula is C13H14N2O4S2. The summed E-state index contributed by atoms with van der Waals surface area (Å²) >= 11 is 1.11. The molecule has 112 valence electrons. The number of nitrogens with one attached hydrogen (secondary N) is 1. The number of aryl methyl sites for hydroxylation is 1. The van der Waals surface area contributed by atoms with Gasteiger partial charge in [-0.25, -0.2) is 22.9 Å². The number of carboxylic acid groups (broad SMARTS) is 1. The van der Waals surface area contributed by atoms with Crippen LogP contribution in [0.25, 0.3) is 0 Å². The number of aromatic carboxylic acids is 1. The molecule has 0 radical (unpaired) electrons. The van der Waals surface area contributed by atoms with E-state index in [2.05, 4.69) is 9.71 Å². The number of hydrogen-bond acceptors (Lipinski definition) is 5. The van der Waals surface area contributed by atoms with Gasteiger partial charge in [-0.15, -0.1) is 11.3 Å². The first-order valence-corrected chi connectivity index (χ1v) is 8.44. The Bertz CT molecular complexity index is 768. The molecule has 1 aromatic carbocycles. The van der Waals surface area contributed by atoms with Crippen LogP contribution in [0.5, 0.6) is 0 Å². The summed E-state index contributed by atoms with van der Waals surface area (Å²) in [5, 5.41) is 10.6. The van der Waals surface area contributed by atoms with Gasteiger partial charge in [-0.3, -0.25) is 0 Å². The first kappa shape index (κ1) is 15.6. The third kappa shape index (κ3) is 3.46. The lowest BCUT2D eigenvalue weighted by atomic mass is 10.2. The Hall–Kier alpha value is -1.77. The number of carbonyl (C=O) groups is 1. The molecule has 1 unspecified atom stereocenters. The maximum atomic E-state index is 12.3. The van der Waals surface area contributed by atoms with Gasteiger partial charge >= 0.3 is 5.97 Å². The second kappa shape index (κ2) is 5.92. The molecule has 0 amide bonds. The lowest BCUT2D eigenvalue weighted by Crippen LogP contribution is -2.27. The minimum atomic E-state index is -3.68. The highest BCUT2D eigenvalue weighted by molar-refractivity contribution is 7.89. The SMILES string of the molecule is Cc1ccccc1S(=O)(=O)NC(C)c1nc(C(=O)O)cs1. The Labute approximate surface area is 126 Å². The Morgan fingerprint density at radius 3 is 2.62 bits per heavy atom. The van der Waals surface area contributed by atoms with Crippen LogP contribution in [0.4, 0.5) is 0 Å². The third-order valence-corrected chi connectivity index (χ3v) is 5.55. The number of aromatic nitrogens is 1. The molecule has 6 nitrogen and oxygen atoms in total. The van der Waals surface area contributed by atoms with Crippen molar-refractivity contribution in [2.24, 2.45) is 0 Å². The lowest BCUT2D eigenvalue weighted by molar-refractivity contribution is 0.0691. The minimum Gasteiger partial charge on any atom is -0.476 e. The number of hydrogen-bond donors (Lipinski definition) is 2. The van der Waals surface area contributed by atoms with Gasteiger partial charge in [0.2, 0.25) is 10.0 Å². The molecule has 0 aliphatic carbocycles. The number of benzene rings is 1. The van der Waals surface area contributed by atoms with Crippen molar-refractivity contribution >= 4 is 27.3 Å². The number of nitrogens with zero attached hydrogens (tertiary/aromatic N) is 1. The van der Waals surface area contributed by atoms with Gasteiger partial charge in [-0.2, -0.15) is 0 Å². The molecule has 2 N–H and O–H groups in total. The van der Waals surface area contributed by atoms with Crippen LogP contribution in [-0.2, 0) is 10.0 Å². The van der Waals surface area contributed by atoms with Crippen LogP contribution in [0, 0.1) is 6.92 Å². The van der Waals surface area contributed by atoms with E-state index >= 15 is 0 Å². The summed E-state index contributed by atoms with van der Waals surface area (Å²) in [5.41, 5.74) is 0.555. The van der Waals surface area contributed by atoms with Gasteiger partial charge in [0.1, 0.15) is 5.01 Å². The molecule has 1 heterocycles. The summed E-state index contributed by atoms with van der Waals surface area (Å²) < 4.78 is 27.2. The van der Waals surface area contributed by atoms with Crippen molar-refractivity contribution in [3.63, 3.8) is 0 Å². The molecule has 1 aromatic heterocycles. The smallest absolute Gasteiger partial charge is 0.355 e. The average Bonchev–Trinajstić information content (AvgIpc) is 2.88. The van der Waals surface area contributed by atoms with Gasteiger partial charge < -0.3 is 5.11 Å². The summed E-state index contributed by atoms with van der Waals surface area (Å²) in [6.07, 6.45) is 0. The standard InChI is InChI=1S/C13H14N2O4S2/c1-8-5-3-4-6-11(8)21(18,19)15-9(2)12-14-10(7-20-12)13(16)17/h3-7,9,15H,1-2H3,(H,16,17). The van der Waals surface area contributed by atoms with Gasteiger partial charge in [-0.05, 0) is 25.5 Å². The van der Waals surface area contributed by atoms with Gasteiger partial charge in [0.15, 0.2) is 5.69 Å². The molecular weight excluding hydrogens is 312 g/mol. The Kier molecular flexibility index (Phi) is 4.40. The Morgan fingerprint density at radius 1 is 1.38 bits per heavy atom. The van der Waals surface area contributed by atoms with Crippen molar-refractivity contribution < 1.29 is 18.3 Å². The molecule has 21 heavy (non-hydrogen) atoms. The monoisotopic (exact) mass is 326 g/mol. The third-order valence-electron chi connectivity index (χ3n) is 2.83. The van der Waals surface area contributed by atoms with E-state index in [1.165, 1.54) is 11.4 Å². The van der Waals surface area contributed by atoms with Gasteiger partial charge in [0.05, 0.1) is 10.9 Å². The number of carboxylic acids is 1. The molecule has 2 aromatic rings. The highest BCUT2D eigenvalue weighted by atomic mass is 32.2. The number of rotatable bonds is 5. The van der Waals surface area contributed by atoms with E-state index < -0.39 is 22.0 Å². The second-order valence-electron chi connectivity index (χ2n) is 4.48. The maximum absolute atomic E-state index is 12.3. The Morgan fingerprint density at radius 2 is 2.05 bits per heavy atom. The summed E-state index contributed by atoms with van der Waals surface area (Å²) in [5.74, 6) is -1.13. The molecule has 0 spiro atoms. The van der Waals surface area contributed by atoms with Crippen molar-refractivity contribution in [1.82, 2.24) is 9.71 Å². The van der Waals surface area contributed by atoms with Crippen molar-refractivity contribution in [1.29, 1.82) is 0 Å². The number of thiazole rings is 1. The fourth-order valence-electron chi connectivity index (χ4n) is 1.79. The van der Waals surface area contributed by atoms with Crippen LogP contribution >= 0.6 is 11.3 Å². The van der Waals surface area contributed by atoms with E-state index in [1.54, 1.807) is 32.0 Å². The zero-order chi connectivity index (χ0) is 15.6. The summed E-state index contributed by atoms with van der Waals surface area (Å²) in [7, 11) is -3.68. The predicted molar refractivity (Wildman–Crippen MR) is 79.0 cm³/mol. The first-order chi connectivity index (χ1) is 9.81. The molecule has 2 rings (SSSR count). The fourth-order valence-corrected chi connectivity index (χ4v) is 4.12. The van der Waals surface area contributed by atoms with Crippen molar-refractivity contribution in [3.8, 4) is 0 Å². The largest absolute Gasteiger partial charge is 0.476 e. The van der Waals surface area contributed by atoms with Crippen LogP contribution in [-0.4, -0.2) is 24.5 Å². The van der Waals surface area contributed by atoms with E-state index in [4.69, 9.17) is 5.11 Å². The summed E-state index contributed by atoms with van der Waals surface area (Å²) in [6.45, 7) is 3.34. The normalized spacial score (nSPS) is 13.0. The molecule has 0 bridgehead atoms. The van der Waals surface area contributed by atoms with Crippen LogP contribution < -0.4 is 4.72 Å². The van der Waals surface area contributed by atoms with E-state index in [-0.39, 0.29) is 10.6 Å². The topological polar surface area (TPSA) is 96.4 Å². The maximum Gasteiger partial charge on any atom is 0.355 e. The lowest BCUT2D eigenvalue weighted by Gasteiger charge is -2.13. The highest BCUT2D eigenvalue weighted by Gasteiger charge is 2.22. The van der Waals surface area contributed by atoms with E-state index in [1.807, 2.05) is 0 Å². The van der Waals surface area contributed by atoms with Crippen molar-refractivity contribution in [2.75, 3.05) is 0 Å². The average molecular weight is 326 g/mol. The zero-order valence-electron chi connectivity index (χ0n) is 11.4. The Balaban J connectivity index is 2.24.